The van der Waals surface area contributed by atoms with Gasteiger partial charge >= 0.3 is 6.18 Å². The van der Waals surface area contributed by atoms with E-state index >= 15 is 0 Å². The second-order valence-electron chi connectivity index (χ2n) is 4.22. The summed E-state index contributed by atoms with van der Waals surface area (Å²) in [5.74, 6) is -1.06. The van der Waals surface area contributed by atoms with Crippen LogP contribution in [0.4, 0.5) is 13.2 Å². The highest BCUT2D eigenvalue weighted by molar-refractivity contribution is 5.95. The number of aliphatic hydroxyl groups is 1. The number of halogens is 3. The molecule has 2 N–H and O–H groups in total. The van der Waals surface area contributed by atoms with E-state index in [0.29, 0.717) is 0 Å². The summed E-state index contributed by atoms with van der Waals surface area (Å²) in [7, 11) is 0. The van der Waals surface area contributed by atoms with Crippen molar-refractivity contribution in [2.75, 3.05) is 13.2 Å². The van der Waals surface area contributed by atoms with Crippen molar-refractivity contribution in [2.45, 2.75) is 26.6 Å². The summed E-state index contributed by atoms with van der Waals surface area (Å²) in [6.45, 7) is 3.15. The number of carbonyl (C=O) groups is 1. The number of hydrogen-bond donors (Lipinski definition) is 2. The van der Waals surface area contributed by atoms with E-state index in [1.54, 1.807) is 6.92 Å². The molecule has 0 saturated heterocycles. The fraction of sp³-hybridized carbons (Fsp3) is 0.636. The number of aryl methyl sites for hydroxylation is 1. The van der Waals surface area contributed by atoms with Gasteiger partial charge in [0.25, 0.3) is 5.91 Å². The molecular weight excluding hydrogens is 263 g/mol. The molecule has 1 aromatic rings. The monoisotopic (exact) mass is 279 g/mol. The molecule has 1 unspecified atom stereocenters. The van der Waals surface area contributed by atoms with Crippen molar-refractivity contribution in [3.63, 3.8) is 0 Å². The van der Waals surface area contributed by atoms with Gasteiger partial charge in [0.15, 0.2) is 5.69 Å². The van der Waals surface area contributed by atoms with Crippen molar-refractivity contribution in [1.29, 1.82) is 0 Å². The zero-order chi connectivity index (χ0) is 14.6. The topological polar surface area (TPSA) is 67.2 Å². The number of amides is 1. The predicted molar refractivity (Wildman–Crippen MR) is 61.5 cm³/mol. The molecule has 0 bridgehead atoms. The number of carbonyl (C=O) groups excluding carboxylic acids is 1. The molecule has 0 aliphatic heterocycles. The SMILES string of the molecule is CCn1ncc(C(=O)NCC(C)CO)c1C(F)(F)F. The first-order valence-corrected chi connectivity index (χ1v) is 5.83. The molecule has 108 valence electrons. The van der Waals surface area contributed by atoms with Crippen LogP contribution < -0.4 is 5.32 Å². The Morgan fingerprint density at radius 1 is 1.58 bits per heavy atom. The lowest BCUT2D eigenvalue weighted by molar-refractivity contribution is -0.144. The number of nitrogens with one attached hydrogen (secondary N) is 1. The van der Waals surface area contributed by atoms with Crippen LogP contribution in [0.3, 0.4) is 0 Å². The average Bonchev–Trinajstić information content (AvgIpc) is 2.79. The lowest BCUT2D eigenvalue weighted by atomic mass is 10.2. The van der Waals surface area contributed by atoms with E-state index in [1.807, 2.05) is 0 Å². The molecule has 19 heavy (non-hydrogen) atoms. The Balaban J connectivity index is 2.95. The zero-order valence-electron chi connectivity index (χ0n) is 10.7. The van der Waals surface area contributed by atoms with Crippen LogP contribution in [0.1, 0.15) is 29.9 Å². The molecule has 0 aliphatic carbocycles. The van der Waals surface area contributed by atoms with Crippen molar-refractivity contribution >= 4 is 5.91 Å². The first-order valence-electron chi connectivity index (χ1n) is 5.83. The van der Waals surface area contributed by atoms with E-state index < -0.39 is 23.3 Å². The highest BCUT2D eigenvalue weighted by Gasteiger charge is 2.39. The number of hydrogen-bond acceptors (Lipinski definition) is 3. The summed E-state index contributed by atoms with van der Waals surface area (Å²) < 4.78 is 39.4. The lowest BCUT2D eigenvalue weighted by Gasteiger charge is -2.12. The molecule has 1 amide bonds. The highest BCUT2D eigenvalue weighted by Crippen LogP contribution is 2.31. The van der Waals surface area contributed by atoms with Gasteiger partial charge in [-0.3, -0.25) is 9.48 Å². The van der Waals surface area contributed by atoms with Crippen LogP contribution >= 0.6 is 0 Å². The molecule has 1 aromatic heterocycles. The van der Waals surface area contributed by atoms with Crippen molar-refractivity contribution in [3.8, 4) is 0 Å². The maximum absolute atomic E-state index is 12.9. The average molecular weight is 279 g/mol. The number of nitrogens with zero attached hydrogens (tertiary/aromatic N) is 2. The van der Waals surface area contributed by atoms with E-state index in [4.69, 9.17) is 5.11 Å². The summed E-state index contributed by atoms with van der Waals surface area (Å²) in [6.07, 6.45) is -3.73. The quantitative estimate of drug-likeness (QED) is 0.853. The normalized spacial score (nSPS) is 13.4. The molecule has 1 heterocycles. The minimum Gasteiger partial charge on any atom is -0.396 e. The molecule has 1 atom stereocenters. The van der Waals surface area contributed by atoms with Crippen LogP contribution in [0.5, 0.6) is 0 Å². The van der Waals surface area contributed by atoms with Gasteiger partial charge < -0.3 is 10.4 Å². The van der Waals surface area contributed by atoms with Crippen LogP contribution in [0.15, 0.2) is 6.20 Å². The number of aromatic nitrogens is 2. The maximum atomic E-state index is 12.9. The van der Waals surface area contributed by atoms with Crippen molar-refractivity contribution in [2.24, 2.45) is 5.92 Å². The Bertz CT molecular complexity index is 443. The smallest absolute Gasteiger partial charge is 0.396 e. The molecule has 5 nitrogen and oxygen atoms in total. The highest BCUT2D eigenvalue weighted by atomic mass is 19.4. The van der Waals surface area contributed by atoms with E-state index in [0.717, 1.165) is 10.9 Å². The van der Waals surface area contributed by atoms with Crippen LogP contribution in [0.2, 0.25) is 0 Å². The Morgan fingerprint density at radius 2 is 2.21 bits per heavy atom. The molecular formula is C11H16F3N3O2. The van der Waals surface area contributed by atoms with Crippen LogP contribution in [0.25, 0.3) is 0 Å². The zero-order valence-corrected chi connectivity index (χ0v) is 10.7. The molecule has 0 spiro atoms. The Hall–Kier alpha value is -1.57. The van der Waals surface area contributed by atoms with E-state index in [1.165, 1.54) is 6.92 Å². The van der Waals surface area contributed by atoms with Gasteiger partial charge in [-0.1, -0.05) is 6.92 Å². The van der Waals surface area contributed by atoms with Crippen LogP contribution in [-0.2, 0) is 12.7 Å². The molecule has 0 aliphatic rings. The van der Waals surface area contributed by atoms with Gasteiger partial charge in [-0.05, 0) is 12.8 Å². The van der Waals surface area contributed by atoms with Gasteiger partial charge in [0, 0.05) is 19.7 Å². The molecule has 8 heteroatoms. The molecule has 0 radical (unpaired) electrons. The number of rotatable bonds is 5. The van der Waals surface area contributed by atoms with Crippen molar-refractivity contribution in [3.05, 3.63) is 17.5 Å². The van der Waals surface area contributed by atoms with Crippen LogP contribution in [0, 0.1) is 5.92 Å². The van der Waals surface area contributed by atoms with Crippen molar-refractivity contribution < 1.29 is 23.1 Å². The molecule has 1 rings (SSSR count). The fourth-order valence-corrected chi connectivity index (χ4v) is 1.52. The molecule has 0 fully saturated rings. The lowest BCUT2D eigenvalue weighted by Crippen LogP contribution is -2.31. The second kappa shape index (κ2) is 6.05. The minimum atomic E-state index is -4.64. The third-order valence-corrected chi connectivity index (χ3v) is 2.57. The van der Waals surface area contributed by atoms with E-state index in [9.17, 15) is 18.0 Å². The Morgan fingerprint density at radius 3 is 2.68 bits per heavy atom. The van der Waals surface area contributed by atoms with E-state index in [-0.39, 0.29) is 25.6 Å². The second-order valence-corrected chi connectivity index (χ2v) is 4.22. The third-order valence-electron chi connectivity index (χ3n) is 2.57. The summed E-state index contributed by atoms with van der Waals surface area (Å²) in [5, 5.41) is 14.7. The Labute approximate surface area is 108 Å². The van der Waals surface area contributed by atoms with Gasteiger partial charge in [0.1, 0.15) is 0 Å². The largest absolute Gasteiger partial charge is 0.433 e. The molecule has 0 saturated carbocycles. The van der Waals surface area contributed by atoms with Crippen LogP contribution in [-0.4, -0.2) is 33.9 Å². The van der Waals surface area contributed by atoms with Gasteiger partial charge in [0.2, 0.25) is 0 Å². The van der Waals surface area contributed by atoms with E-state index in [2.05, 4.69) is 10.4 Å². The summed E-state index contributed by atoms with van der Waals surface area (Å²) in [5.41, 5.74) is -1.55. The third kappa shape index (κ3) is 3.69. The summed E-state index contributed by atoms with van der Waals surface area (Å²) in [6, 6.07) is 0. The number of aliphatic hydroxyl groups excluding tert-OH is 1. The van der Waals surface area contributed by atoms with Gasteiger partial charge in [-0.15, -0.1) is 0 Å². The van der Waals surface area contributed by atoms with Gasteiger partial charge in [-0.2, -0.15) is 18.3 Å². The maximum Gasteiger partial charge on any atom is 0.433 e. The summed E-state index contributed by atoms with van der Waals surface area (Å²) >= 11 is 0. The molecule has 0 aromatic carbocycles. The summed E-state index contributed by atoms with van der Waals surface area (Å²) in [4.78, 5) is 11.7. The van der Waals surface area contributed by atoms with Gasteiger partial charge in [-0.25, -0.2) is 0 Å². The Kier molecular flexibility index (Phi) is 4.93. The first kappa shape index (κ1) is 15.5. The minimum absolute atomic E-state index is 0.0230. The van der Waals surface area contributed by atoms with Gasteiger partial charge in [0.05, 0.1) is 11.8 Å². The van der Waals surface area contributed by atoms with Crippen molar-refractivity contribution in [1.82, 2.24) is 15.1 Å². The fourth-order valence-electron chi connectivity index (χ4n) is 1.52. The first-order chi connectivity index (χ1) is 8.81. The predicted octanol–water partition coefficient (Wildman–Crippen LogP) is 1.28. The standard InChI is InChI=1S/C11H16F3N3O2/c1-3-17-9(11(12,13)14)8(5-16-17)10(19)15-4-7(2)6-18/h5,7,18H,3-4,6H2,1-2H3,(H,15,19). The number of alkyl halides is 3.